The number of methoxy groups -OCH3 is 1. The largest absolute Gasteiger partial charge is 0.491 e. The lowest BCUT2D eigenvalue weighted by molar-refractivity contribution is 0.00900. The number of oxazole rings is 1. The van der Waals surface area contributed by atoms with Gasteiger partial charge in [0.1, 0.15) is 24.4 Å². The van der Waals surface area contributed by atoms with Gasteiger partial charge in [-0.3, -0.25) is 14.5 Å². The van der Waals surface area contributed by atoms with Crippen LogP contribution >= 0.6 is 0 Å². The number of anilines is 1. The Morgan fingerprint density at radius 2 is 1.95 bits per heavy atom. The van der Waals surface area contributed by atoms with Gasteiger partial charge in [0.2, 0.25) is 0 Å². The molecule has 0 saturated heterocycles. The predicted molar refractivity (Wildman–Crippen MR) is 140 cm³/mol. The number of ether oxygens (including phenoxy) is 2. The van der Waals surface area contributed by atoms with E-state index in [-0.39, 0.29) is 24.0 Å². The van der Waals surface area contributed by atoms with E-state index < -0.39 is 11.7 Å². The summed E-state index contributed by atoms with van der Waals surface area (Å²) in [6.45, 7) is 6.14. The molecule has 10 heteroatoms. The highest BCUT2D eigenvalue weighted by Crippen LogP contribution is 2.27. The minimum absolute atomic E-state index is 0.00961. The summed E-state index contributed by atoms with van der Waals surface area (Å²) in [5, 5.41) is 2.78. The highest BCUT2D eigenvalue weighted by molar-refractivity contribution is 6.05. The topological polar surface area (TPSA) is 97.1 Å². The van der Waals surface area contributed by atoms with Crippen molar-refractivity contribution < 1.29 is 27.9 Å². The third-order valence-corrected chi connectivity index (χ3v) is 6.79. The van der Waals surface area contributed by atoms with Gasteiger partial charge in [-0.1, -0.05) is 6.92 Å². The molecule has 1 aliphatic rings. The third-order valence-electron chi connectivity index (χ3n) is 6.79. The molecule has 202 valence electrons. The molecular formula is C28H33FN4O5. The van der Waals surface area contributed by atoms with E-state index in [4.69, 9.17) is 13.9 Å². The van der Waals surface area contributed by atoms with E-state index in [2.05, 4.69) is 29.0 Å². The Hall–Kier alpha value is -3.76. The summed E-state index contributed by atoms with van der Waals surface area (Å²) in [4.78, 5) is 34.3. The summed E-state index contributed by atoms with van der Waals surface area (Å²) in [6.07, 6.45) is 2.84. The lowest BCUT2D eigenvalue weighted by Gasteiger charge is -2.35. The number of carbonyl (C=O) groups is 2. The van der Waals surface area contributed by atoms with Crippen LogP contribution in [-0.4, -0.2) is 72.6 Å². The number of fused-ring (bicyclic) bond motifs is 1. The van der Waals surface area contributed by atoms with Gasteiger partial charge >= 0.3 is 0 Å². The number of carbonyl (C=O) groups excluding carboxylic acids is 2. The van der Waals surface area contributed by atoms with E-state index in [0.29, 0.717) is 48.8 Å². The van der Waals surface area contributed by atoms with Crippen molar-refractivity contribution in [3.8, 4) is 5.75 Å². The van der Waals surface area contributed by atoms with Gasteiger partial charge in [-0.15, -0.1) is 0 Å². The molecule has 0 spiro atoms. The molecule has 2 aromatic carbocycles. The van der Waals surface area contributed by atoms with E-state index in [1.54, 1.807) is 43.5 Å². The lowest BCUT2D eigenvalue weighted by Crippen LogP contribution is -2.46. The van der Waals surface area contributed by atoms with Gasteiger partial charge in [0.05, 0.1) is 17.4 Å². The monoisotopic (exact) mass is 524 g/mol. The standard InChI is InChI=1S/C28H33FN4O5/c1-18-12-33(13-23-16-37-17-30-23)19(2)15-38-25-10-9-22(31-27(34)20-5-7-21(29)8-6-20)11-24(25)28(35)32(3)14-26(18)36-4/h5-11,16-19,26H,12-15H2,1-4H3,(H,31,34)/t18-,19-,26-/m1/s1. The van der Waals surface area contributed by atoms with Crippen molar-refractivity contribution in [1.82, 2.24) is 14.8 Å². The molecule has 1 aromatic heterocycles. The number of nitrogens with zero attached hydrogens (tertiary/aromatic N) is 3. The average Bonchev–Trinajstić information content (AvgIpc) is 3.42. The number of rotatable bonds is 5. The molecule has 38 heavy (non-hydrogen) atoms. The Bertz CT molecular complexity index is 1230. The number of amides is 2. The lowest BCUT2D eigenvalue weighted by atomic mass is 10.0. The fraction of sp³-hybridized carbons (Fsp3) is 0.393. The summed E-state index contributed by atoms with van der Waals surface area (Å²) in [5.41, 5.74) is 1.87. The number of benzene rings is 2. The summed E-state index contributed by atoms with van der Waals surface area (Å²) < 4.78 is 30.4. The molecule has 0 aliphatic carbocycles. The summed E-state index contributed by atoms with van der Waals surface area (Å²) in [6, 6.07) is 10.2. The Balaban J connectivity index is 1.61. The molecule has 0 bridgehead atoms. The smallest absolute Gasteiger partial charge is 0.257 e. The zero-order valence-corrected chi connectivity index (χ0v) is 22.0. The Morgan fingerprint density at radius 1 is 1.18 bits per heavy atom. The summed E-state index contributed by atoms with van der Waals surface area (Å²) in [7, 11) is 3.37. The van der Waals surface area contributed by atoms with E-state index in [9.17, 15) is 14.0 Å². The van der Waals surface area contributed by atoms with Crippen LogP contribution in [0.2, 0.25) is 0 Å². The van der Waals surface area contributed by atoms with Crippen molar-refractivity contribution in [1.29, 1.82) is 0 Å². The van der Waals surface area contributed by atoms with Crippen molar-refractivity contribution in [2.24, 2.45) is 5.92 Å². The first-order valence-electron chi connectivity index (χ1n) is 12.5. The van der Waals surface area contributed by atoms with Crippen molar-refractivity contribution in [3.05, 3.63) is 77.8 Å². The minimum Gasteiger partial charge on any atom is -0.491 e. The third kappa shape index (κ3) is 6.56. The molecule has 0 radical (unpaired) electrons. The van der Waals surface area contributed by atoms with Crippen LogP contribution < -0.4 is 10.1 Å². The van der Waals surface area contributed by atoms with Gasteiger partial charge in [0.25, 0.3) is 11.8 Å². The van der Waals surface area contributed by atoms with Gasteiger partial charge in [0, 0.05) is 51.1 Å². The summed E-state index contributed by atoms with van der Waals surface area (Å²) >= 11 is 0. The second-order valence-electron chi connectivity index (χ2n) is 9.68. The highest BCUT2D eigenvalue weighted by Gasteiger charge is 2.29. The van der Waals surface area contributed by atoms with Crippen molar-refractivity contribution in [2.75, 3.05) is 39.2 Å². The first-order valence-corrected chi connectivity index (χ1v) is 12.5. The van der Waals surface area contributed by atoms with Crippen LogP contribution in [0.5, 0.6) is 5.75 Å². The van der Waals surface area contributed by atoms with Crippen LogP contribution in [-0.2, 0) is 11.3 Å². The number of likely N-dealkylation sites (N-methyl/N-ethyl adjacent to an activating group) is 1. The zero-order valence-electron chi connectivity index (χ0n) is 22.0. The van der Waals surface area contributed by atoms with Gasteiger partial charge in [-0.25, -0.2) is 9.37 Å². The average molecular weight is 525 g/mol. The molecule has 2 amide bonds. The van der Waals surface area contributed by atoms with Crippen LogP contribution in [0.15, 0.2) is 59.5 Å². The molecule has 9 nitrogen and oxygen atoms in total. The first kappa shape index (κ1) is 27.3. The fourth-order valence-electron chi connectivity index (χ4n) is 4.48. The number of halogens is 1. The molecule has 3 atom stereocenters. The number of nitrogens with one attached hydrogen (secondary N) is 1. The predicted octanol–water partition coefficient (Wildman–Crippen LogP) is 4.07. The molecule has 0 saturated carbocycles. The molecule has 4 rings (SSSR count). The number of aromatic nitrogens is 1. The molecule has 2 heterocycles. The van der Waals surface area contributed by atoms with Crippen LogP contribution in [0, 0.1) is 11.7 Å². The maximum atomic E-state index is 13.5. The van der Waals surface area contributed by atoms with E-state index >= 15 is 0 Å². The van der Waals surface area contributed by atoms with Gasteiger partial charge < -0.3 is 24.1 Å². The Morgan fingerprint density at radius 3 is 2.63 bits per heavy atom. The molecule has 0 unspecified atom stereocenters. The van der Waals surface area contributed by atoms with Gasteiger partial charge in [-0.2, -0.15) is 0 Å². The molecule has 0 fully saturated rings. The SMILES string of the molecule is CO[C@@H]1CN(C)C(=O)c2cc(NC(=O)c3ccc(F)cc3)ccc2OC[C@@H](C)N(Cc2cocn2)C[C@H]1C. The van der Waals surface area contributed by atoms with E-state index in [1.165, 1.54) is 30.7 Å². The second-order valence-corrected chi connectivity index (χ2v) is 9.68. The molecule has 3 aromatic rings. The van der Waals surface area contributed by atoms with Gasteiger partial charge in [-0.05, 0) is 55.3 Å². The molecule has 1 N–H and O–H groups in total. The zero-order chi connectivity index (χ0) is 27.2. The van der Waals surface area contributed by atoms with E-state index in [1.807, 2.05) is 0 Å². The van der Waals surface area contributed by atoms with Crippen molar-refractivity contribution in [2.45, 2.75) is 32.5 Å². The number of hydrogen-bond acceptors (Lipinski definition) is 7. The second kappa shape index (κ2) is 12.2. The van der Waals surface area contributed by atoms with Crippen LogP contribution in [0.3, 0.4) is 0 Å². The van der Waals surface area contributed by atoms with Crippen LogP contribution in [0.25, 0.3) is 0 Å². The van der Waals surface area contributed by atoms with Crippen molar-refractivity contribution >= 4 is 17.5 Å². The minimum atomic E-state index is -0.426. The highest BCUT2D eigenvalue weighted by atomic mass is 19.1. The quantitative estimate of drug-likeness (QED) is 0.537. The maximum absolute atomic E-state index is 13.5. The molecule has 1 aliphatic heterocycles. The van der Waals surface area contributed by atoms with Crippen LogP contribution in [0.1, 0.15) is 40.3 Å². The summed E-state index contributed by atoms with van der Waals surface area (Å²) in [5.74, 6) is -0.572. The normalized spacial score (nSPS) is 21.1. The van der Waals surface area contributed by atoms with Crippen LogP contribution in [0.4, 0.5) is 10.1 Å². The Labute approximate surface area is 221 Å². The Kier molecular flexibility index (Phi) is 8.75. The maximum Gasteiger partial charge on any atom is 0.257 e. The van der Waals surface area contributed by atoms with Gasteiger partial charge in [0.15, 0.2) is 6.39 Å². The van der Waals surface area contributed by atoms with E-state index in [0.717, 1.165) is 5.69 Å². The van der Waals surface area contributed by atoms with Crippen molar-refractivity contribution in [3.63, 3.8) is 0 Å². The first-order chi connectivity index (χ1) is 18.2. The fourth-order valence-corrected chi connectivity index (χ4v) is 4.48. The number of hydrogen-bond donors (Lipinski definition) is 1. The molecular weight excluding hydrogens is 491 g/mol.